The van der Waals surface area contributed by atoms with E-state index < -0.39 is 0 Å². The van der Waals surface area contributed by atoms with Crippen molar-refractivity contribution in [2.24, 2.45) is 5.92 Å². The van der Waals surface area contributed by atoms with Crippen LogP contribution in [0.1, 0.15) is 44.6 Å². The number of hydrogen-bond acceptors (Lipinski definition) is 0. The zero-order chi connectivity index (χ0) is 15.2. The van der Waals surface area contributed by atoms with Crippen molar-refractivity contribution in [3.8, 4) is 0 Å². The topological polar surface area (TPSA) is 8.88 Å². The van der Waals surface area contributed by atoms with Crippen LogP contribution in [0, 0.1) is 5.92 Å². The maximum absolute atomic E-state index is 2.46. The number of quaternary nitrogens is 2. The summed E-state index contributed by atoms with van der Waals surface area (Å²) in [5, 5.41) is 0. The van der Waals surface area contributed by atoms with E-state index in [9.17, 15) is 0 Å². The Kier molecular flexibility index (Phi) is 5.91. The van der Waals surface area contributed by atoms with Gasteiger partial charge in [0.05, 0.1) is 12.6 Å². The van der Waals surface area contributed by atoms with E-state index in [1.165, 1.54) is 76.8 Å². The highest BCUT2D eigenvalue weighted by atomic mass is 15.3. The summed E-state index contributed by atoms with van der Waals surface area (Å²) in [6.45, 7) is 9.44. The van der Waals surface area contributed by atoms with Gasteiger partial charge in [0.25, 0.3) is 0 Å². The Balaban J connectivity index is 1.35. The van der Waals surface area contributed by atoms with Crippen LogP contribution < -0.4 is 9.80 Å². The lowest BCUT2D eigenvalue weighted by atomic mass is 9.86. The number of rotatable bonds is 5. The smallest absolute Gasteiger partial charge is 0.127 e. The van der Waals surface area contributed by atoms with Crippen LogP contribution in [0.2, 0.25) is 0 Å². The molecule has 2 N–H and O–H groups in total. The fourth-order valence-corrected chi connectivity index (χ4v) is 4.58. The molecule has 122 valence electrons. The van der Waals surface area contributed by atoms with Gasteiger partial charge in [0.15, 0.2) is 0 Å². The molecule has 1 aromatic rings. The average molecular weight is 303 g/mol. The highest BCUT2D eigenvalue weighted by Crippen LogP contribution is 2.21. The molecule has 1 aromatic carbocycles. The Morgan fingerprint density at radius 1 is 1.00 bits per heavy atom. The van der Waals surface area contributed by atoms with Crippen molar-refractivity contribution in [2.45, 2.75) is 51.5 Å². The Morgan fingerprint density at radius 3 is 2.50 bits per heavy atom. The molecule has 2 heteroatoms. The van der Waals surface area contributed by atoms with E-state index in [1.807, 2.05) is 9.80 Å². The Bertz CT molecular complexity index is 423. The van der Waals surface area contributed by atoms with Crippen LogP contribution in [-0.4, -0.2) is 38.8 Å². The predicted octanol–water partition coefficient (Wildman–Crippen LogP) is 0.981. The number of nitrogens with one attached hydrogen (secondary N) is 2. The SMILES string of the molecule is C[C@H]1CCC[C@H]([NH+]2CC[NH+](CCCc3ccccc3)CC2)C1. The third-order valence-corrected chi connectivity index (χ3v) is 5.95. The Labute approximate surface area is 136 Å². The number of piperazine rings is 1. The minimum Gasteiger partial charge on any atom is -0.326 e. The summed E-state index contributed by atoms with van der Waals surface area (Å²) in [5.41, 5.74) is 1.50. The first-order valence-electron chi connectivity index (χ1n) is 9.53. The lowest BCUT2D eigenvalue weighted by Crippen LogP contribution is -3.29. The molecule has 0 amide bonds. The summed E-state index contributed by atoms with van der Waals surface area (Å²) in [5.74, 6) is 0.975. The molecule has 2 atom stereocenters. The van der Waals surface area contributed by atoms with Crippen LogP contribution in [0.5, 0.6) is 0 Å². The van der Waals surface area contributed by atoms with E-state index in [1.54, 1.807) is 0 Å². The molecule has 1 saturated carbocycles. The molecule has 2 fully saturated rings. The van der Waals surface area contributed by atoms with Crippen molar-refractivity contribution in [3.05, 3.63) is 35.9 Å². The van der Waals surface area contributed by atoms with Crippen LogP contribution >= 0.6 is 0 Å². The normalized spacial score (nSPS) is 32.8. The number of hydrogen-bond donors (Lipinski definition) is 2. The molecule has 0 spiro atoms. The van der Waals surface area contributed by atoms with Crippen LogP contribution in [0.4, 0.5) is 0 Å². The molecule has 22 heavy (non-hydrogen) atoms. The molecule has 0 radical (unpaired) electrons. The highest BCUT2D eigenvalue weighted by Gasteiger charge is 2.31. The monoisotopic (exact) mass is 302 g/mol. The van der Waals surface area contributed by atoms with Gasteiger partial charge in [-0.3, -0.25) is 0 Å². The molecule has 0 aromatic heterocycles. The molecular formula is C20H34N2+2. The first-order chi connectivity index (χ1) is 10.8. The first-order valence-corrected chi connectivity index (χ1v) is 9.53. The third-order valence-electron chi connectivity index (χ3n) is 5.95. The molecule has 1 aliphatic heterocycles. The van der Waals surface area contributed by atoms with E-state index in [2.05, 4.69) is 37.3 Å². The second kappa shape index (κ2) is 8.12. The highest BCUT2D eigenvalue weighted by molar-refractivity contribution is 5.14. The largest absolute Gasteiger partial charge is 0.326 e. The van der Waals surface area contributed by atoms with Gasteiger partial charge in [-0.25, -0.2) is 0 Å². The molecule has 0 bridgehead atoms. The fourth-order valence-electron chi connectivity index (χ4n) is 4.58. The molecule has 2 aliphatic rings. The van der Waals surface area contributed by atoms with Crippen molar-refractivity contribution < 1.29 is 9.80 Å². The van der Waals surface area contributed by atoms with Crippen LogP contribution in [0.3, 0.4) is 0 Å². The average Bonchev–Trinajstić information content (AvgIpc) is 2.56. The summed E-state index contributed by atoms with van der Waals surface area (Å²) < 4.78 is 0. The van der Waals surface area contributed by atoms with Gasteiger partial charge >= 0.3 is 0 Å². The van der Waals surface area contributed by atoms with Crippen molar-refractivity contribution in [1.29, 1.82) is 0 Å². The molecule has 1 saturated heterocycles. The van der Waals surface area contributed by atoms with Crippen LogP contribution in [-0.2, 0) is 6.42 Å². The lowest BCUT2D eigenvalue weighted by molar-refractivity contribution is -1.02. The van der Waals surface area contributed by atoms with Crippen LogP contribution in [0.15, 0.2) is 30.3 Å². The van der Waals surface area contributed by atoms with Gasteiger partial charge in [-0.05, 0) is 30.7 Å². The van der Waals surface area contributed by atoms with Gasteiger partial charge in [0, 0.05) is 12.8 Å². The molecule has 1 aliphatic carbocycles. The molecule has 2 nitrogen and oxygen atoms in total. The fraction of sp³-hybridized carbons (Fsp3) is 0.700. The van der Waals surface area contributed by atoms with E-state index in [0.717, 1.165) is 12.0 Å². The molecule has 0 unspecified atom stereocenters. The van der Waals surface area contributed by atoms with Crippen molar-refractivity contribution in [3.63, 3.8) is 0 Å². The second-order valence-electron chi connectivity index (χ2n) is 7.72. The molecule has 1 heterocycles. The zero-order valence-corrected chi connectivity index (χ0v) is 14.3. The standard InChI is InChI=1S/C20H32N2/c1-18-7-5-11-20(17-18)22-15-13-21(14-16-22)12-6-10-19-8-3-2-4-9-19/h2-4,8-9,18,20H,5-7,10-17H2,1H3/p+2/t18-,20-/m0/s1. The second-order valence-corrected chi connectivity index (χ2v) is 7.72. The first kappa shape index (κ1) is 16.0. The van der Waals surface area contributed by atoms with E-state index in [-0.39, 0.29) is 0 Å². The summed E-state index contributed by atoms with van der Waals surface area (Å²) in [7, 11) is 0. The van der Waals surface area contributed by atoms with Gasteiger partial charge in [0.1, 0.15) is 26.2 Å². The lowest BCUT2D eigenvalue weighted by Gasteiger charge is -2.37. The number of benzene rings is 1. The summed E-state index contributed by atoms with van der Waals surface area (Å²) in [4.78, 5) is 3.78. The van der Waals surface area contributed by atoms with Gasteiger partial charge in [-0.15, -0.1) is 0 Å². The summed E-state index contributed by atoms with van der Waals surface area (Å²) in [6, 6.07) is 12.0. The Hall–Kier alpha value is -0.860. The predicted molar refractivity (Wildman–Crippen MR) is 92.4 cm³/mol. The van der Waals surface area contributed by atoms with Crippen molar-refractivity contribution in [2.75, 3.05) is 32.7 Å². The Morgan fingerprint density at radius 2 is 1.77 bits per heavy atom. The van der Waals surface area contributed by atoms with E-state index in [4.69, 9.17) is 0 Å². The minimum atomic E-state index is 0.975. The van der Waals surface area contributed by atoms with E-state index in [0.29, 0.717) is 0 Å². The molecular weight excluding hydrogens is 268 g/mol. The summed E-state index contributed by atoms with van der Waals surface area (Å²) in [6.07, 6.45) is 8.52. The van der Waals surface area contributed by atoms with Gasteiger partial charge in [0.2, 0.25) is 0 Å². The van der Waals surface area contributed by atoms with Gasteiger partial charge < -0.3 is 9.80 Å². The van der Waals surface area contributed by atoms with Crippen molar-refractivity contribution in [1.82, 2.24) is 0 Å². The zero-order valence-electron chi connectivity index (χ0n) is 14.3. The maximum Gasteiger partial charge on any atom is 0.127 e. The van der Waals surface area contributed by atoms with Crippen LogP contribution in [0.25, 0.3) is 0 Å². The third kappa shape index (κ3) is 4.57. The summed E-state index contributed by atoms with van der Waals surface area (Å²) >= 11 is 0. The maximum atomic E-state index is 2.46. The number of aryl methyl sites for hydroxylation is 1. The minimum absolute atomic E-state index is 0.975. The van der Waals surface area contributed by atoms with E-state index >= 15 is 0 Å². The van der Waals surface area contributed by atoms with Gasteiger partial charge in [-0.1, -0.05) is 43.7 Å². The quantitative estimate of drug-likeness (QED) is 0.802. The van der Waals surface area contributed by atoms with Gasteiger partial charge in [-0.2, -0.15) is 0 Å². The van der Waals surface area contributed by atoms with Crippen molar-refractivity contribution >= 4 is 0 Å². The molecule has 3 rings (SSSR count).